The number of methoxy groups -OCH3 is 1. The Hall–Kier alpha value is -2.61. The van der Waals surface area contributed by atoms with Crippen molar-refractivity contribution in [2.75, 3.05) is 13.7 Å². The van der Waals surface area contributed by atoms with E-state index >= 15 is 0 Å². The van der Waals surface area contributed by atoms with E-state index in [-0.39, 0.29) is 17.7 Å². The Bertz CT molecular complexity index is 707. The van der Waals surface area contributed by atoms with Crippen molar-refractivity contribution in [2.45, 2.75) is 12.2 Å². The number of esters is 1. The van der Waals surface area contributed by atoms with E-state index in [1.165, 1.54) is 19.4 Å². The molecular formula is C12H13N5O4. The number of benzene rings is 1. The van der Waals surface area contributed by atoms with Crippen LogP contribution in [0.15, 0.2) is 23.4 Å². The number of fused-ring (bicyclic) bond motifs is 1. The Balaban J connectivity index is 2.44. The van der Waals surface area contributed by atoms with E-state index in [4.69, 9.17) is 5.53 Å². The molecule has 0 saturated heterocycles. The van der Waals surface area contributed by atoms with Crippen LogP contribution >= 0.6 is 0 Å². The molecule has 1 aromatic heterocycles. The summed E-state index contributed by atoms with van der Waals surface area (Å²) in [4.78, 5) is 14.3. The van der Waals surface area contributed by atoms with Crippen LogP contribution in [0, 0.1) is 0 Å². The maximum atomic E-state index is 11.8. The number of rotatable bonds is 5. The molecule has 1 heterocycles. The van der Waals surface area contributed by atoms with E-state index in [9.17, 15) is 15.0 Å². The molecule has 0 aliphatic carbocycles. The number of aliphatic hydroxyl groups is 2. The van der Waals surface area contributed by atoms with Crippen LogP contribution in [0.1, 0.15) is 22.0 Å². The van der Waals surface area contributed by atoms with Gasteiger partial charge in [-0.25, -0.2) is 4.79 Å². The summed E-state index contributed by atoms with van der Waals surface area (Å²) in [6, 6.07) is 2.96. The Kier molecular flexibility index (Phi) is 4.39. The van der Waals surface area contributed by atoms with Crippen LogP contribution < -0.4 is 0 Å². The minimum absolute atomic E-state index is 0.216. The zero-order chi connectivity index (χ0) is 15.4. The lowest BCUT2D eigenvalue weighted by atomic mass is 9.99. The van der Waals surface area contributed by atoms with E-state index in [2.05, 4.69) is 25.0 Å². The molecule has 2 atom stereocenters. The van der Waals surface area contributed by atoms with Gasteiger partial charge in [0.2, 0.25) is 0 Å². The highest BCUT2D eigenvalue weighted by atomic mass is 16.5. The number of carbonyl (C=O) groups is 1. The Labute approximate surface area is 118 Å². The molecule has 0 spiro atoms. The molecule has 21 heavy (non-hydrogen) atoms. The minimum atomic E-state index is -1.31. The monoisotopic (exact) mass is 291 g/mol. The maximum Gasteiger partial charge on any atom is 0.338 e. The third-order valence-electron chi connectivity index (χ3n) is 3.02. The van der Waals surface area contributed by atoms with Gasteiger partial charge in [-0.15, -0.1) is 0 Å². The summed E-state index contributed by atoms with van der Waals surface area (Å²) in [5, 5.41) is 30.1. The molecule has 0 bridgehead atoms. The number of aromatic nitrogens is 2. The number of hydrogen-bond acceptors (Lipinski definition) is 6. The van der Waals surface area contributed by atoms with Gasteiger partial charge in [-0.2, -0.15) is 5.10 Å². The molecule has 0 aliphatic rings. The molecule has 1 aromatic carbocycles. The fourth-order valence-electron chi connectivity index (χ4n) is 1.97. The van der Waals surface area contributed by atoms with Gasteiger partial charge in [0.05, 0.1) is 37.0 Å². The highest BCUT2D eigenvalue weighted by molar-refractivity contribution is 6.03. The van der Waals surface area contributed by atoms with Crippen LogP contribution in [-0.2, 0) is 4.74 Å². The van der Waals surface area contributed by atoms with E-state index in [0.29, 0.717) is 10.9 Å². The SMILES string of the molecule is COC(=O)c1cc(C(O)C(O)CN=[N+]=[N-])cc2[nH]ncc12. The second-order valence-electron chi connectivity index (χ2n) is 4.32. The van der Waals surface area contributed by atoms with Crippen LogP contribution in [0.3, 0.4) is 0 Å². The van der Waals surface area contributed by atoms with E-state index < -0.39 is 18.2 Å². The van der Waals surface area contributed by atoms with Crippen molar-refractivity contribution in [1.82, 2.24) is 10.2 Å². The predicted molar refractivity (Wildman–Crippen MR) is 72.4 cm³/mol. The first-order valence-corrected chi connectivity index (χ1v) is 6.00. The molecule has 3 N–H and O–H groups in total. The lowest BCUT2D eigenvalue weighted by molar-refractivity contribution is 0.0243. The number of nitrogens with one attached hydrogen (secondary N) is 1. The maximum absolute atomic E-state index is 11.8. The van der Waals surface area contributed by atoms with Crippen LogP contribution in [-0.4, -0.2) is 46.1 Å². The van der Waals surface area contributed by atoms with E-state index in [1.807, 2.05) is 0 Å². The van der Waals surface area contributed by atoms with Crippen molar-refractivity contribution >= 4 is 16.9 Å². The van der Waals surface area contributed by atoms with Crippen molar-refractivity contribution < 1.29 is 19.7 Å². The molecule has 0 amide bonds. The molecule has 2 unspecified atom stereocenters. The first-order valence-electron chi connectivity index (χ1n) is 6.00. The van der Waals surface area contributed by atoms with Gasteiger partial charge in [0.25, 0.3) is 0 Å². The van der Waals surface area contributed by atoms with Gasteiger partial charge in [0, 0.05) is 10.3 Å². The van der Waals surface area contributed by atoms with Crippen LogP contribution in [0.4, 0.5) is 0 Å². The first kappa shape index (κ1) is 14.8. The van der Waals surface area contributed by atoms with Gasteiger partial charge in [-0.05, 0) is 23.2 Å². The molecule has 0 saturated carbocycles. The summed E-state index contributed by atoms with van der Waals surface area (Å²) >= 11 is 0. The van der Waals surface area contributed by atoms with Crippen molar-refractivity contribution in [3.63, 3.8) is 0 Å². The third-order valence-corrected chi connectivity index (χ3v) is 3.02. The second kappa shape index (κ2) is 6.23. The van der Waals surface area contributed by atoms with Crippen LogP contribution in [0.2, 0.25) is 0 Å². The average Bonchev–Trinajstić information content (AvgIpc) is 2.98. The number of azide groups is 1. The molecule has 9 nitrogen and oxygen atoms in total. The number of ether oxygens (including phenoxy) is 1. The Morgan fingerprint density at radius 2 is 2.33 bits per heavy atom. The molecule has 2 rings (SSSR count). The summed E-state index contributed by atoms with van der Waals surface area (Å²) in [5.74, 6) is -0.583. The van der Waals surface area contributed by atoms with Gasteiger partial charge >= 0.3 is 5.97 Å². The molecule has 110 valence electrons. The summed E-state index contributed by atoms with van der Waals surface area (Å²) in [6.07, 6.45) is -1.13. The normalized spacial score (nSPS) is 13.5. The number of hydrogen-bond donors (Lipinski definition) is 3. The number of aromatic amines is 1. The first-order chi connectivity index (χ1) is 10.1. The van der Waals surface area contributed by atoms with Crippen LogP contribution in [0.25, 0.3) is 21.3 Å². The van der Waals surface area contributed by atoms with Crippen molar-refractivity contribution in [3.05, 3.63) is 39.9 Å². The fourth-order valence-corrected chi connectivity index (χ4v) is 1.97. The van der Waals surface area contributed by atoms with Gasteiger partial charge in [-0.1, -0.05) is 5.11 Å². The highest BCUT2D eigenvalue weighted by Gasteiger charge is 2.21. The average molecular weight is 291 g/mol. The lowest BCUT2D eigenvalue weighted by Crippen LogP contribution is -2.21. The van der Waals surface area contributed by atoms with Gasteiger partial charge < -0.3 is 14.9 Å². The summed E-state index contributed by atoms with van der Waals surface area (Å²) in [7, 11) is 1.24. The molecule has 0 aliphatic heterocycles. The van der Waals surface area contributed by atoms with Crippen LogP contribution in [0.5, 0.6) is 0 Å². The lowest BCUT2D eigenvalue weighted by Gasteiger charge is -2.17. The van der Waals surface area contributed by atoms with Crippen molar-refractivity contribution in [2.24, 2.45) is 5.11 Å². The fraction of sp³-hybridized carbons (Fsp3) is 0.333. The minimum Gasteiger partial charge on any atom is -0.465 e. The molecule has 0 radical (unpaired) electrons. The zero-order valence-electron chi connectivity index (χ0n) is 11.1. The van der Waals surface area contributed by atoms with E-state index in [0.717, 1.165) is 0 Å². The Morgan fingerprint density at radius 1 is 1.57 bits per heavy atom. The smallest absolute Gasteiger partial charge is 0.338 e. The number of aliphatic hydroxyl groups excluding tert-OH is 2. The van der Waals surface area contributed by atoms with Gasteiger partial charge in [-0.3, -0.25) is 5.10 Å². The van der Waals surface area contributed by atoms with Gasteiger partial charge in [0.15, 0.2) is 0 Å². The summed E-state index contributed by atoms with van der Waals surface area (Å²) < 4.78 is 4.68. The van der Waals surface area contributed by atoms with Gasteiger partial charge in [0.1, 0.15) is 6.10 Å². The second-order valence-corrected chi connectivity index (χ2v) is 4.32. The number of nitrogens with zero attached hydrogens (tertiary/aromatic N) is 4. The molecule has 0 fully saturated rings. The van der Waals surface area contributed by atoms with Crippen molar-refractivity contribution in [1.29, 1.82) is 0 Å². The predicted octanol–water partition coefficient (Wildman–Crippen LogP) is 1.05. The number of H-pyrrole nitrogens is 1. The molecule has 2 aromatic rings. The molecule has 9 heteroatoms. The highest BCUT2D eigenvalue weighted by Crippen LogP contribution is 2.25. The Morgan fingerprint density at radius 3 is 3.00 bits per heavy atom. The molecular weight excluding hydrogens is 278 g/mol. The largest absolute Gasteiger partial charge is 0.465 e. The zero-order valence-corrected chi connectivity index (χ0v) is 11.1. The summed E-state index contributed by atoms with van der Waals surface area (Å²) in [5.41, 5.74) is 9.24. The standard InChI is InChI=1S/C12H13N5O4/c1-21-12(20)7-2-6(3-9-8(7)4-14-16-9)11(19)10(18)5-15-17-13/h2-4,10-11,18-19H,5H2,1H3,(H,14,16). The topological polar surface area (TPSA) is 144 Å². The quantitative estimate of drug-likeness (QED) is 0.326. The number of carbonyl (C=O) groups excluding carboxylic acids is 1. The third kappa shape index (κ3) is 2.95. The van der Waals surface area contributed by atoms with Crippen molar-refractivity contribution in [3.8, 4) is 0 Å². The van der Waals surface area contributed by atoms with E-state index in [1.54, 1.807) is 6.07 Å². The summed E-state index contributed by atoms with van der Waals surface area (Å²) in [6.45, 7) is -0.285.